The van der Waals surface area contributed by atoms with Crippen LogP contribution in [0.15, 0.2) is 18.2 Å². The number of nitro benzene ring substituents is 1. The highest BCUT2D eigenvalue weighted by atomic mass is 16.6. The van der Waals surface area contributed by atoms with E-state index < -0.39 is 0 Å². The van der Waals surface area contributed by atoms with Gasteiger partial charge in [-0.2, -0.15) is 0 Å². The predicted octanol–water partition coefficient (Wildman–Crippen LogP) is 2.92. The molecule has 0 aliphatic heterocycles. The first kappa shape index (κ1) is 15.6. The molecule has 1 aromatic rings. The molecule has 0 saturated heterocycles. The van der Waals surface area contributed by atoms with Crippen LogP contribution in [0.1, 0.15) is 26.7 Å². The van der Waals surface area contributed by atoms with Crippen LogP contribution in [0.2, 0.25) is 0 Å². The predicted molar refractivity (Wildman–Crippen MR) is 86.0 cm³/mol. The smallest absolute Gasteiger partial charge is 0.273 e. The molecule has 2 rings (SSSR count). The van der Waals surface area contributed by atoms with E-state index in [1.165, 1.54) is 12.8 Å². The van der Waals surface area contributed by atoms with Crippen LogP contribution in [0.25, 0.3) is 0 Å². The second kappa shape index (κ2) is 7.26. The quantitative estimate of drug-likeness (QED) is 0.541. The molecule has 1 aliphatic carbocycles. The van der Waals surface area contributed by atoms with E-state index in [-0.39, 0.29) is 10.6 Å². The van der Waals surface area contributed by atoms with Crippen molar-refractivity contribution in [2.45, 2.75) is 32.7 Å². The lowest BCUT2D eigenvalue weighted by Crippen LogP contribution is -2.30. The number of rotatable bonds is 9. The van der Waals surface area contributed by atoms with E-state index in [1.54, 1.807) is 12.1 Å². The Morgan fingerprint density at radius 2 is 1.90 bits per heavy atom. The number of non-ortho nitro benzene ring substituents is 1. The SMILES string of the molecule is CCNc1cc(NCCN(CC)C2CC2)cc([N+](=O)[O-])c1. The average Bonchev–Trinajstić information content (AvgIpc) is 3.28. The van der Waals surface area contributed by atoms with E-state index in [9.17, 15) is 10.1 Å². The molecule has 2 N–H and O–H groups in total. The van der Waals surface area contributed by atoms with Crippen LogP contribution in [0, 0.1) is 10.1 Å². The summed E-state index contributed by atoms with van der Waals surface area (Å²) in [4.78, 5) is 13.1. The van der Waals surface area contributed by atoms with Gasteiger partial charge in [0.15, 0.2) is 0 Å². The van der Waals surface area contributed by atoms with Crippen molar-refractivity contribution in [2.24, 2.45) is 0 Å². The Morgan fingerprint density at radius 3 is 2.43 bits per heavy atom. The van der Waals surface area contributed by atoms with Gasteiger partial charge in [0.05, 0.1) is 4.92 Å². The number of hydrogen-bond donors (Lipinski definition) is 2. The summed E-state index contributed by atoms with van der Waals surface area (Å²) in [5.41, 5.74) is 1.70. The van der Waals surface area contributed by atoms with E-state index in [4.69, 9.17) is 0 Å². The molecule has 1 aliphatic rings. The first-order valence-corrected chi connectivity index (χ1v) is 7.65. The number of likely N-dealkylation sites (N-methyl/N-ethyl adjacent to an activating group) is 1. The van der Waals surface area contributed by atoms with Crippen molar-refractivity contribution < 1.29 is 4.92 Å². The van der Waals surface area contributed by atoms with Gasteiger partial charge in [-0.3, -0.25) is 15.0 Å². The molecular weight excluding hydrogens is 268 g/mol. The molecule has 6 nitrogen and oxygen atoms in total. The maximum Gasteiger partial charge on any atom is 0.273 e. The van der Waals surface area contributed by atoms with Crippen molar-refractivity contribution in [3.05, 3.63) is 28.3 Å². The average molecular weight is 292 g/mol. The van der Waals surface area contributed by atoms with Crippen LogP contribution in [-0.2, 0) is 0 Å². The zero-order chi connectivity index (χ0) is 15.2. The highest BCUT2D eigenvalue weighted by Crippen LogP contribution is 2.27. The van der Waals surface area contributed by atoms with Crippen molar-refractivity contribution in [2.75, 3.05) is 36.8 Å². The van der Waals surface area contributed by atoms with Crippen LogP contribution >= 0.6 is 0 Å². The Kier molecular flexibility index (Phi) is 5.38. The Bertz CT molecular complexity index is 489. The van der Waals surface area contributed by atoms with Gasteiger partial charge in [0.2, 0.25) is 0 Å². The zero-order valence-corrected chi connectivity index (χ0v) is 12.8. The number of hydrogen-bond acceptors (Lipinski definition) is 5. The first-order valence-electron chi connectivity index (χ1n) is 7.65. The molecule has 21 heavy (non-hydrogen) atoms. The maximum atomic E-state index is 11.0. The summed E-state index contributed by atoms with van der Waals surface area (Å²) in [7, 11) is 0. The van der Waals surface area contributed by atoms with Gasteiger partial charge in [-0.05, 0) is 32.4 Å². The number of benzene rings is 1. The minimum Gasteiger partial charge on any atom is -0.385 e. The van der Waals surface area contributed by atoms with Crippen LogP contribution < -0.4 is 10.6 Å². The van der Waals surface area contributed by atoms with Crippen molar-refractivity contribution in [1.29, 1.82) is 0 Å². The van der Waals surface area contributed by atoms with Crippen molar-refractivity contribution in [3.8, 4) is 0 Å². The van der Waals surface area contributed by atoms with E-state index >= 15 is 0 Å². The highest BCUT2D eigenvalue weighted by molar-refractivity contribution is 5.63. The maximum absolute atomic E-state index is 11.0. The highest BCUT2D eigenvalue weighted by Gasteiger charge is 2.27. The van der Waals surface area contributed by atoms with E-state index in [2.05, 4.69) is 22.5 Å². The van der Waals surface area contributed by atoms with Gasteiger partial charge in [-0.15, -0.1) is 0 Å². The molecule has 0 unspecified atom stereocenters. The lowest BCUT2D eigenvalue weighted by atomic mass is 10.2. The Labute approximate surface area is 125 Å². The zero-order valence-electron chi connectivity index (χ0n) is 12.8. The number of nitrogens with zero attached hydrogens (tertiary/aromatic N) is 2. The lowest BCUT2D eigenvalue weighted by molar-refractivity contribution is -0.384. The first-order chi connectivity index (χ1) is 10.1. The molecule has 0 spiro atoms. The molecule has 6 heteroatoms. The molecule has 116 valence electrons. The molecule has 0 radical (unpaired) electrons. The summed E-state index contributed by atoms with van der Waals surface area (Å²) >= 11 is 0. The fourth-order valence-electron chi connectivity index (χ4n) is 2.51. The monoisotopic (exact) mass is 292 g/mol. The van der Waals surface area contributed by atoms with Crippen molar-refractivity contribution in [1.82, 2.24) is 4.90 Å². The minimum atomic E-state index is -0.353. The summed E-state index contributed by atoms with van der Waals surface area (Å²) in [6, 6.07) is 5.83. The van der Waals surface area contributed by atoms with E-state index in [0.29, 0.717) is 0 Å². The summed E-state index contributed by atoms with van der Waals surface area (Å²) in [6.07, 6.45) is 2.60. The van der Waals surface area contributed by atoms with Gasteiger partial charge in [0.25, 0.3) is 5.69 Å². The number of nitrogens with one attached hydrogen (secondary N) is 2. The molecule has 0 bridgehead atoms. The standard InChI is InChI=1S/C15H24N4O2/c1-3-16-12-9-13(11-15(10-12)19(20)21)17-7-8-18(4-2)14-5-6-14/h9-11,14,16-17H,3-8H2,1-2H3. The molecule has 0 heterocycles. The third-order valence-corrected chi connectivity index (χ3v) is 3.71. The Hall–Kier alpha value is -1.82. The summed E-state index contributed by atoms with van der Waals surface area (Å²) < 4.78 is 0. The van der Waals surface area contributed by atoms with Crippen molar-refractivity contribution >= 4 is 17.1 Å². The van der Waals surface area contributed by atoms with Crippen LogP contribution in [0.4, 0.5) is 17.1 Å². The van der Waals surface area contributed by atoms with Gasteiger partial charge >= 0.3 is 0 Å². The fourth-order valence-corrected chi connectivity index (χ4v) is 2.51. The van der Waals surface area contributed by atoms with Crippen LogP contribution in [0.5, 0.6) is 0 Å². The van der Waals surface area contributed by atoms with Crippen LogP contribution in [0.3, 0.4) is 0 Å². The number of nitro groups is 1. The number of anilines is 2. The van der Waals surface area contributed by atoms with E-state index in [0.717, 1.165) is 43.6 Å². The molecule has 1 aromatic carbocycles. The third-order valence-electron chi connectivity index (χ3n) is 3.71. The minimum absolute atomic E-state index is 0.116. The second-order valence-corrected chi connectivity index (χ2v) is 5.34. The molecule has 1 saturated carbocycles. The summed E-state index contributed by atoms with van der Waals surface area (Å²) in [6.45, 7) is 7.73. The Balaban J connectivity index is 1.95. The third kappa shape index (κ3) is 4.60. The van der Waals surface area contributed by atoms with Gasteiger partial charge in [-0.1, -0.05) is 6.92 Å². The van der Waals surface area contributed by atoms with Crippen molar-refractivity contribution in [3.63, 3.8) is 0 Å². The van der Waals surface area contributed by atoms with Gasteiger partial charge in [-0.25, -0.2) is 0 Å². The van der Waals surface area contributed by atoms with Gasteiger partial charge < -0.3 is 10.6 Å². The largest absolute Gasteiger partial charge is 0.385 e. The Morgan fingerprint density at radius 1 is 1.24 bits per heavy atom. The lowest BCUT2D eigenvalue weighted by Gasteiger charge is -2.20. The molecule has 1 fully saturated rings. The normalized spacial score (nSPS) is 14.2. The molecule has 0 aromatic heterocycles. The fraction of sp³-hybridized carbons (Fsp3) is 0.600. The second-order valence-electron chi connectivity index (χ2n) is 5.34. The van der Waals surface area contributed by atoms with Crippen LogP contribution in [-0.4, -0.2) is 42.0 Å². The molecule has 0 amide bonds. The van der Waals surface area contributed by atoms with Gasteiger partial charge in [0.1, 0.15) is 0 Å². The van der Waals surface area contributed by atoms with Gasteiger partial charge in [0, 0.05) is 49.2 Å². The summed E-state index contributed by atoms with van der Waals surface area (Å²) in [5, 5.41) is 17.4. The molecular formula is C15H24N4O2. The molecule has 0 atom stereocenters. The topological polar surface area (TPSA) is 70.4 Å². The summed E-state index contributed by atoms with van der Waals surface area (Å²) in [5.74, 6) is 0. The van der Waals surface area contributed by atoms with E-state index in [1.807, 2.05) is 13.0 Å².